The fourth-order valence-electron chi connectivity index (χ4n) is 10.8. The Morgan fingerprint density at radius 2 is 1.25 bits per heavy atom. The van der Waals surface area contributed by atoms with Gasteiger partial charge in [0.1, 0.15) is 62.2 Å². The van der Waals surface area contributed by atoms with E-state index in [2.05, 4.69) is 42.5 Å². The Balaban J connectivity index is 1.40. The van der Waals surface area contributed by atoms with Crippen molar-refractivity contribution in [1.82, 2.24) is 51.5 Å². The average Bonchev–Trinajstić information content (AvgIpc) is 0.849. The molecule has 110 heavy (non-hydrogen) atoms. The number of allylic oxidation sites excluding steroid dienone is 1. The third-order valence-electron chi connectivity index (χ3n) is 18.1. The number of benzene rings is 3. The highest BCUT2D eigenvalue weighted by Crippen LogP contribution is 2.27. The van der Waals surface area contributed by atoms with Crippen LogP contribution in [0.15, 0.2) is 102 Å². The first-order chi connectivity index (χ1) is 51.9. The van der Waals surface area contributed by atoms with E-state index in [4.69, 9.17) is 34.2 Å². The van der Waals surface area contributed by atoms with E-state index in [1.807, 2.05) is 6.07 Å². The molecule has 604 valence electrons. The van der Waals surface area contributed by atoms with Crippen LogP contribution in [-0.4, -0.2) is 213 Å². The predicted octanol–water partition coefficient (Wildman–Crippen LogP) is 6.54. The monoisotopic (exact) mass is 1540 g/mol. The van der Waals surface area contributed by atoms with Crippen molar-refractivity contribution in [3.63, 3.8) is 0 Å². The third-order valence-corrected chi connectivity index (χ3v) is 18.1. The first-order valence-corrected chi connectivity index (χ1v) is 36.5. The van der Waals surface area contributed by atoms with Gasteiger partial charge in [0.15, 0.2) is 6.10 Å². The zero-order valence-corrected chi connectivity index (χ0v) is 65.8. The van der Waals surface area contributed by atoms with Crippen LogP contribution >= 0.6 is 0 Å². The molecule has 1 heterocycles. The number of rotatable bonds is 26. The predicted molar refractivity (Wildman–Crippen MR) is 406 cm³/mol. The van der Waals surface area contributed by atoms with Gasteiger partial charge in [-0.2, -0.15) is 0 Å². The molecular weight excluding hydrogens is 1430 g/mol. The highest BCUT2D eigenvalue weighted by Gasteiger charge is 2.38. The lowest BCUT2D eigenvalue weighted by molar-refractivity contribution is -0.155. The lowest BCUT2D eigenvalue weighted by atomic mass is 9.90. The molecule has 0 aromatic heterocycles. The molecule has 13 amide bonds. The molecule has 10 atom stereocenters. The van der Waals surface area contributed by atoms with Crippen molar-refractivity contribution >= 4 is 95.1 Å². The molecule has 1 aliphatic rings. The molecule has 0 saturated heterocycles. The standard InChI is InChI=1S/C77H111N13O20/c1-17-47(7)64-69(96)81-52(12)72(99)110-65(48(8)18-2)50(10)59(35-26-49(9)71(98)108-60(39-45(3)4)67(94)80-51(11)70(97)90(16)41-62(92)89(15)40-61(91)85-64)109-77(104)88(14)38-37-87(13)76(103)107-44-55-29-33-57(34-30-55)83-74(101)105-43-54-27-31-56(32-28-54)82-66(93)58(25-22-36-79-73(78)100)84-68(95)63(46(5)6)86-75(102)106-42-53-23-20-19-21-24-53/h18-21,23-24,26-34,45-47,50-52,58-60,63-65H,17,22,25,35-44H2,1-16H3,(H,80,94)(H,81,96)(H,82,93)(H,83,101)(H,84,95)(H,85,91)(H,86,102)(H3,78,79,100)/b48-18+,49-26+/t47?,50-,51-,52+,58-,59-,60+,63-,64-,65+/m0/s1. The quantitative estimate of drug-likeness (QED) is 0.0178. The van der Waals surface area contributed by atoms with Gasteiger partial charge in [0.25, 0.3) is 5.91 Å². The van der Waals surface area contributed by atoms with E-state index in [0.29, 0.717) is 34.5 Å². The molecule has 33 nitrogen and oxygen atoms in total. The number of hydrogen-bond acceptors (Lipinski definition) is 20. The average molecular weight is 1540 g/mol. The Kier molecular flexibility index (Phi) is 37.7. The number of ether oxygens (including phenoxy) is 6. The Hall–Kier alpha value is -11.3. The van der Waals surface area contributed by atoms with Crippen LogP contribution in [-0.2, 0) is 91.4 Å². The maximum Gasteiger partial charge on any atom is 0.411 e. The van der Waals surface area contributed by atoms with Gasteiger partial charge in [0, 0.05) is 77.1 Å². The molecule has 4 rings (SSSR count). The van der Waals surface area contributed by atoms with Gasteiger partial charge in [-0.3, -0.25) is 38.9 Å². The van der Waals surface area contributed by atoms with Crippen molar-refractivity contribution in [1.29, 1.82) is 0 Å². The summed E-state index contributed by atoms with van der Waals surface area (Å²) >= 11 is 0. The van der Waals surface area contributed by atoms with Crippen LogP contribution in [0, 0.1) is 23.7 Å². The Morgan fingerprint density at radius 1 is 0.682 bits per heavy atom. The lowest BCUT2D eigenvalue weighted by Crippen LogP contribution is -2.56. The van der Waals surface area contributed by atoms with E-state index >= 15 is 0 Å². The molecule has 0 fully saturated rings. The molecule has 33 heteroatoms. The summed E-state index contributed by atoms with van der Waals surface area (Å²) in [5, 5.41) is 21.0. The minimum atomic E-state index is -1.37. The molecule has 0 spiro atoms. The first kappa shape index (κ1) is 91.1. The van der Waals surface area contributed by atoms with Crippen LogP contribution in [0.2, 0.25) is 0 Å². The number of nitrogens with two attached hydrogens (primary N) is 1. The summed E-state index contributed by atoms with van der Waals surface area (Å²) in [6.45, 7) is 18.5. The molecule has 1 aliphatic heterocycles. The number of nitrogens with one attached hydrogen (secondary N) is 8. The SMILES string of the molecule is C/C=C(\C)[C@H]1OC(=O)[C@@H](C)NC(=O)[C@H](C(C)CC)NC(=O)CN(C)C(=O)CN(C)C(=O)[C@H](C)NC(=O)[C@@H](CC(C)C)OC(=O)/C(C)=C/C[C@H](OC(=O)N(C)CCN(C)C(=O)OCc2ccc(NC(=O)OCc3ccc(NC(=O)[C@H](CCCNC(N)=O)NC(=O)[C@@H](NC(=O)OCc4ccccc4)C(C)C)cc3)cc2)[C@@H]1C. The van der Waals surface area contributed by atoms with Gasteiger partial charge < -0.3 is 91.0 Å². The van der Waals surface area contributed by atoms with E-state index in [1.165, 1.54) is 64.8 Å². The number of alkyl carbamates (subject to hydrolysis) is 1. The molecule has 0 radical (unpaired) electrons. The minimum absolute atomic E-state index is 0.00730. The minimum Gasteiger partial charge on any atom is -0.456 e. The molecule has 10 N–H and O–H groups in total. The summed E-state index contributed by atoms with van der Waals surface area (Å²) < 4.78 is 34.3. The second-order valence-corrected chi connectivity index (χ2v) is 28.1. The molecule has 0 bridgehead atoms. The van der Waals surface area contributed by atoms with E-state index in [0.717, 1.165) is 15.4 Å². The number of carbonyl (C=O) groups excluding carboxylic acids is 14. The molecule has 0 saturated carbocycles. The van der Waals surface area contributed by atoms with Gasteiger partial charge in [-0.05, 0) is 118 Å². The van der Waals surface area contributed by atoms with Crippen LogP contribution in [0.1, 0.15) is 132 Å². The molecule has 0 aliphatic carbocycles. The van der Waals surface area contributed by atoms with Crippen molar-refractivity contribution in [3.05, 3.63) is 119 Å². The lowest BCUT2D eigenvalue weighted by Gasteiger charge is -2.33. The number of likely N-dealkylation sites (N-methyl/N-ethyl adjacent to an activating group) is 4. The fourth-order valence-corrected chi connectivity index (χ4v) is 10.8. The summed E-state index contributed by atoms with van der Waals surface area (Å²) in [5.74, 6) is -8.41. The number of urea groups is 1. The van der Waals surface area contributed by atoms with Crippen LogP contribution < -0.4 is 48.3 Å². The summed E-state index contributed by atoms with van der Waals surface area (Å²) in [5.41, 5.74) is 8.30. The van der Waals surface area contributed by atoms with Gasteiger partial charge in [0.2, 0.25) is 35.4 Å². The largest absolute Gasteiger partial charge is 0.456 e. The number of primary amides is 1. The third kappa shape index (κ3) is 31.1. The Bertz CT molecular complexity index is 3710. The summed E-state index contributed by atoms with van der Waals surface area (Å²) in [6, 6.07) is 15.2. The van der Waals surface area contributed by atoms with E-state index < -0.39 is 163 Å². The zero-order valence-electron chi connectivity index (χ0n) is 65.8. The summed E-state index contributed by atoms with van der Waals surface area (Å²) in [6.07, 6.45) is -3.10. The molecule has 3 aromatic carbocycles. The second kappa shape index (κ2) is 45.5. The number of esters is 2. The highest BCUT2D eigenvalue weighted by molar-refractivity contribution is 5.99. The van der Waals surface area contributed by atoms with Gasteiger partial charge in [-0.25, -0.2) is 33.6 Å². The van der Waals surface area contributed by atoms with Crippen LogP contribution in [0.5, 0.6) is 0 Å². The van der Waals surface area contributed by atoms with Crippen LogP contribution in [0.25, 0.3) is 0 Å². The maximum atomic E-state index is 14.1. The van der Waals surface area contributed by atoms with E-state index in [9.17, 15) is 67.1 Å². The summed E-state index contributed by atoms with van der Waals surface area (Å²) in [4.78, 5) is 192. The van der Waals surface area contributed by atoms with Crippen LogP contribution in [0.4, 0.5) is 35.3 Å². The molecule has 1 unspecified atom stereocenters. The smallest absolute Gasteiger partial charge is 0.411 e. The number of carbonyl (C=O) groups is 14. The molecule has 3 aromatic rings. The Labute approximate surface area is 642 Å². The van der Waals surface area contributed by atoms with Crippen molar-refractivity contribution < 1.29 is 95.5 Å². The summed E-state index contributed by atoms with van der Waals surface area (Å²) in [7, 11) is 5.57. The number of anilines is 2. The van der Waals surface area contributed by atoms with Crippen molar-refractivity contribution in [2.24, 2.45) is 29.4 Å². The maximum absolute atomic E-state index is 14.1. The Morgan fingerprint density at radius 3 is 1.82 bits per heavy atom. The van der Waals surface area contributed by atoms with Gasteiger partial charge in [-0.15, -0.1) is 0 Å². The highest BCUT2D eigenvalue weighted by atomic mass is 16.6. The number of hydrogen-bond donors (Lipinski definition) is 9. The second-order valence-electron chi connectivity index (χ2n) is 28.1. The van der Waals surface area contributed by atoms with Gasteiger partial charge >= 0.3 is 42.3 Å². The first-order valence-electron chi connectivity index (χ1n) is 36.5. The topological polar surface area (TPSA) is 430 Å². The van der Waals surface area contributed by atoms with E-state index in [1.54, 1.807) is 141 Å². The van der Waals surface area contributed by atoms with Crippen molar-refractivity contribution in [3.8, 4) is 0 Å². The van der Waals surface area contributed by atoms with Crippen LogP contribution in [0.3, 0.4) is 0 Å². The fraction of sp³-hybridized carbons (Fsp3) is 0.532. The van der Waals surface area contributed by atoms with Gasteiger partial charge in [0.05, 0.1) is 13.1 Å². The van der Waals surface area contributed by atoms with Crippen molar-refractivity contribution in [2.75, 3.05) is 71.5 Å². The number of amides is 13. The van der Waals surface area contributed by atoms with Crippen molar-refractivity contribution in [2.45, 2.75) is 184 Å². The normalized spacial score (nSPS) is 20.3. The number of nitrogens with zero attached hydrogens (tertiary/aromatic N) is 4. The van der Waals surface area contributed by atoms with Gasteiger partial charge in [-0.1, -0.05) is 122 Å². The zero-order chi connectivity index (χ0) is 82.1. The van der Waals surface area contributed by atoms with E-state index in [-0.39, 0.29) is 76.6 Å². The number of cyclic esters (lactones) is 2. The molecular formula is C77H111N13O20.